The van der Waals surface area contributed by atoms with Crippen LogP contribution in [0.2, 0.25) is 5.02 Å². The van der Waals surface area contributed by atoms with Crippen LogP contribution in [0, 0.1) is 6.92 Å². The molecule has 0 amide bonds. The van der Waals surface area contributed by atoms with Gasteiger partial charge >= 0.3 is 0 Å². The van der Waals surface area contributed by atoms with Crippen LogP contribution in [0.1, 0.15) is 5.56 Å². The Bertz CT molecular complexity index is 717. The van der Waals surface area contributed by atoms with Gasteiger partial charge in [0.15, 0.2) is 0 Å². The molecule has 0 N–H and O–H groups in total. The third kappa shape index (κ3) is 3.37. The van der Waals surface area contributed by atoms with Gasteiger partial charge in [-0.05, 0) is 36.8 Å². The lowest BCUT2D eigenvalue weighted by Crippen LogP contribution is -1.98. The molecule has 0 fully saturated rings. The van der Waals surface area contributed by atoms with E-state index in [1.807, 2.05) is 6.92 Å². The third-order valence-corrected chi connectivity index (χ3v) is 3.93. The van der Waals surface area contributed by atoms with Crippen molar-refractivity contribution in [3.63, 3.8) is 0 Å². The first-order valence-corrected chi connectivity index (χ1v) is 7.90. The number of nitrogens with zero attached hydrogens (tertiary/aromatic N) is 1. The number of benzene rings is 1. The van der Waals surface area contributed by atoms with E-state index >= 15 is 0 Å². The van der Waals surface area contributed by atoms with Gasteiger partial charge in [-0.2, -0.15) is 0 Å². The van der Waals surface area contributed by atoms with Crippen LogP contribution >= 0.6 is 22.3 Å². The first-order chi connectivity index (χ1) is 8.88. The monoisotopic (exact) mass is 317 g/mol. The molecule has 2 aromatic rings. The zero-order valence-electron chi connectivity index (χ0n) is 9.80. The van der Waals surface area contributed by atoms with E-state index in [1.54, 1.807) is 18.2 Å². The predicted octanol–water partition coefficient (Wildman–Crippen LogP) is 3.76. The number of aryl methyl sites for hydroxylation is 1. The average molecular weight is 318 g/mol. The Morgan fingerprint density at radius 1 is 1.26 bits per heavy atom. The van der Waals surface area contributed by atoms with Gasteiger partial charge in [0.2, 0.25) is 5.88 Å². The molecule has 0 saturated heterocycles. The Labute approximate surface area is 120 Å². The maximum absolute atomic E-state index is 11.4. The first-order valence-electron chi connectivity index (χ1n) is 5.21. The summed E-state index contributed by atoms with van der Waals surface area (Å²) in [4.78, 5) is 3.70. The molecule has 4 nitrogen and oxygen atoms in total. The Balaban J connectivity index is 2.47. The van der Waals surface area contributed by atoms with Crippen molar-refractivity contribution in [1.29, 1.82) is 0 Å². The molecule has 0 radical (unpaired) electrons. The summed E-state index contributed by atoms with van der Waals surface area (Å²) in [5.41, 5.74) is 0.799. The zero-order valence-corrected chi connectivity index (χ0v) is 12.1. The SMILES string of the molecule is Cc1ccc(Cl)cc1Oc1ncccc1S(=O)(=O)Cl. The van der Waals surface area contributed by atoms with Crippen molar-refractivity contribution in [3.05, 3.63) is 47.1 Å². The van der Waals surface area contributed by atoms with E-state index in [9.17, 15) is 8.42 Å². The third-order valence-electron chi connectivity index (χ3n) is 2.36. The van der Waals surface area contributed by atoms with Crippen molar-refractivity contribution in [2.45, 2.75) is 11.8 Å². The van der Waals surface area contributed by atoms with Crippen molar-refractivity contribution < 1.29 is 13.2 Å². The van der Waals surface area contributed by atoms with Gasteiger partial charge in [-0.25, -0.2) is 13.4 Å². The van der Waals surface area contributed by atoms with Gasteiger partial charge in [-0.1, -0.05) is 17.7 Å². The van der Waals surface area contributed by atoms with Crippen LogP contribution in [0.3, 0.4) is 0 Å². The molecule has 0 aliphatic carbocycles. The van der Waals surface area contributed by atoms with Crippen molar-refractivity contribution in [3.8, 4) is 11.6 Å². The molecule has 0 saturated carbocycles. The number of hydrogen-bond acceptors (Lipinski definition) is 4. The Hall–Kier alpha value is -1.30. The van der Waals surface area contributed by atoms with Crippen LogP contribution in [0.4, 0.5) is 0 Å². The summed E-state index contributed by atoms with van der Waals surface area (Å²) in [7, 11) is 1.40. The smallest absolute Gasteiger partial charge is 0.266 e. The van der Waals surface area contributed by atoms with Gasteiger partial charge in [0.1, 0.15) is 10.6 Å². The Morgan fingerprint density at radius 3 is 2.68 bits per heavy atom. The molecule has 0 aliphatic heterocycles. The highest BCUT2D eigenvalue weighted by atomic mass is 35.7. The van der Waals surface area contributed by atoms with Crippen LogP contribution in [-0.4, -0.2) is 13.4 Å². The molecule has 19 heavy (non-hydrogen) atoms. The maximum Gasteiger partial charge on any atom is 0.266 e. The standard InChI is InChI=1S/C12H9Cl2NO3S/c1-8-4-5-9(13)7-10(8)18-12-11(19(14,16)17)3-2-6-15-12/h2-7H,1H3. The van der Waals surface area contributed by atoms with Crippen molar-refractivity contribution in [2.75, 3.05) is 0 Å². The van der Waals surface area contributed by atoms with Crippen LogP contribution in [0.15, 0.2) is 41.4 Å². The largest absolute Gasteiger partial charge is 0.437 e. The lowest BCUT2D eigenvalue weighted by Gasteiger charge is -2.10. The minimum Gasteiger partial charge on any atom is -0.437 e. The van der Waals surface area contributed by atoms with E-state index in [0.717, 1.165) is 5.56 Å². The van der Waals surface area contributed by atoms with E-state index in [-0.39, 0.29) is 10.8 Å². The van der Waals surface area contributed by atoms with Gasteiger partial charge in [0.25, 0.3) is 9.05 Å². The van der Waals surface area contributed by atoms with E-state index < -0.39 is 9.05 Å². The molecular weight excluding hydrogens is 309 g/mol. The number of ether oxygens (including phenoxy) is 1. The number of halogens is 2. The summed E-state index contributed by atoms with van der Waals surface area (Å²) in [6.07, 6.45) is 1.42. The molecule has 0 aliphatic rings. The summed E-state index contributed by atoms with van der Waals surface area (Å²) < 4.78 is 28.3. The highest BCUT2D eigenvalue weighted by Gasteiger charge is 2.18. The Kier molecular flexibility index (Phi) is 3.99. The molecule has 2 rings (SSSR count). The number of aromatic nitrogens is 1. The summed E-state index contributed by atoms with van der Waals surface area (Å²) in [5, 5.41) is 0.479. The lowest BCUT2D eigenvalue weighted by atomic mass is 10.2. The summed E-state index contributed by atoms with van der Waals surface area (Å²) in [5.74, 6) is 0.343. The predicted molar refractivity (Wildman–Crippen MR) is 73.5 cm³/mol. The summed E-state index contributed by atoms with van der Waals surface area (Å²) in [6.45, 7) is 1.81. The lowest BCUT2D eigenvalue weighted by molar-refractivity contribution is 0.445. The molecule has 0 unspecified atom stereocenters. The normalized spacial score (nSPS) is 11.3. The van der Waals surface area contributed by atoms with Crippen LogP contribution in [0.25, 0.3) is 0 Å². The minimum absolute atomic E-state index is 0.0807. The Morgan fingerprint density at radius 2 is 2.00 bits per heavy atom. The zero-order chi connectivity index (χ0) is 14.0. The second kappa shape index (κ2) is 5.36. The van der Waals surface area contributed by atoms with Crippen molar-refractivity contribution in [2.24, 2.45) is 0 Å². The summed E-state index contributed by atoms with van der Waals surface area (Å²) in [6, 6.07) is 7.84. The van der Waals surface area contributed by atoms with Gasteiger partial charge in [0, 0.05) is 21.9 Å². The van der Waals surface area contributed by atoms with Crippen LogP contribution in [-0.2, 0) is 9.05 Å². The highest BCUT2D eigenvalue weighted by Crippen LogP contribution is 2.31. The topological polar surface area (TPSA) is 56.3 Å². The van der Waals surface area contributed by atoms with Gasteiger partial charge < -0.3 is 4.74 Å². The molecular formula is C12H9Cl2NO3S. The molecule has 0 bridgehead atoms. The van der Waals surface area contributed by atoms with E-state index in [2.05, 4.69) is 4.98 Å². The fourth-order valence-electron chi connectivity index (χ4n) is 1.43. The van der Waals surface area contributed by atoms with Gasteiger partial charge in [-0.15, -0.1) is 0 Å². The molecule has 0 spiro atoms. The molecule has 100 valence electrons. The molecule has 1 aromatic carbocycles. The van der Waals surface area contributed by atoms with Crippen LogP contribution in [0.5, 0.6) is 11.6 Å². The maximum atomic E-state index is 11.4. The fourth-order valence-corrected chi connectivity index (χ4v) is 2.48. The van der Waals surface area contributed by atoms with E-state index in [0.29, 0.717) is 10.8 Å². The quantitative estimate of drug-likeness (QED) is 0.809. The second-order valence-electron chi connectivity index (χ2n) is 3.76. The molecule has 7 heteroatoms. The van der Waals surface area contributed by atoms with Crippen LogP contribution < -0.4 is 4.74 Å². The van der Waals surface area contributed by atoms with E-state index in [1.165, 1.54) is 18.3 Å². The van der Waals surface area contributed by atoms with Crippen molar-refractivity contribution in [1.82, 2.24) is 4.98 Å². The van der Waals surface area contributed by atoms with E-state index in [4.69, 9.17) is 27.0 Å². The number of rotatable bonds is 3. The number of pyridine rings is 1. The highest BCUT2D eigenvalue weighted by molar-refractivity contribution is 8.13. The average Bonchev–Trinajstić information content (AvgIpc) is 2.33. The minimum atomic E-state index is -3.92. The fraction of sp³-hybridized carbons (Fsp3) is 0.0833. The molecule has 1 aromatic heterocycles. The molecule has 1 heterocycles. The second-order valence-corrected chi connectivity index (χ2v) is 6.73. The first kappa shape index (κ1) is 14.1. The summed E-state index contributed by atoms with van der Waals surface area (Å²) >= 11 is 5.87. The van der Waals surface area contributed by atoms with Gasteiger partial charge in [0.05, 0.1) is 0 Å². The molecule has 0 atom stereocenters. The number of hydrogen-bond donors (Lipinski definition) is 0. The van der Waals surface area contributed by atoms with Crippen molar-refractivity contribution >= 4 is 31.3 Å². The van der Waals surface area contributed by atoms with Gasteiger partial charge in [-0.3, -0.25) is 0 Å².